The Balaban J connectivity index is 2.02. The highest BCUT2D eigenvalue weighted by molar-refractivity contribution is 7.99. The fourth-order valence-electron chi connectivity index (χ4n) is 1.80. The second-order valence-corrected chi connectivity index (χ2v) is 6.46. The monoisotopic (exact) mass is 275 g/mol. The third-order valence-electron chi connectivity index (χ3n) is 2.87. The highest BCUT2D eigenvalue weighted by atomic mass is 32.2. The summed E-state index contributed by atoms with van der Waals surface area (Å²) in [4.78, 5) is 6.68. The molecule has 100 valence electrons. The van der Waals surface area contributed by atoms with Crippen LogP contribution < -0.4 is 5.73 Å². The molecule has 0 saturated carbocycles. The Labute approximate surface area is 114 Å². The Hall–Kier alpha value is -0.0300. The molecule has 5 heteroatoms. The third kappa shape index (κ3) is 7.09. The lowest BCUT2D eigenvalue weighted by Gasteiger charge is -2.27. The van der Waals surface area contributed by atoms with E-state index >= 15 is 0 Å². The van der Waals surface area contributed by atoms with Crippen LogP contribution in [0.4, 0.5) is 0 Å². The van der Waals surface area contributed by atoms with Gasteiger partial charge < -0.3 is 10.6 Å². The quantitative estimate of drug-likeness (QED) is 0.440. The largest absolute Gasteiger partial charge is 0.370 e. The van der Waals surface area contributed by atoms with E-state index in [0.717, 1.165) is 25.6 Å². The Morgan fingerprint density at radius 3 is 2.65 bits per heavy atom. The van der Waals surface area contributed by atoms with Crippen molar-refractivity contribution < 1.29 is 0 Å². The second-order valence-electron chi connectivity index (χ2n) is 4.25. The average Bonchev–Trinajstić information content (AvgIpc) is 2.38. The molecule has 1 aliphatic heterocycles. The molecular formula is C12H25N3S2. The molecule has 1 heterocycles. The molecule has 0 spiro atoms. The van der Waals surface area contributed by atoms with Gasteiger partial charge in [0.15, 0.2) is 5.96 Å². The van der Waals surface area contributed by atoms with Gasteiger partial charge in [0.1, 0.15) is 0 Å². The summed E-state index contributed by atoms with van der Waals surface area (Å²) in [7, 11) is 0. The maximum Gasteiger partial charge on any atom is 0.191 e. The highest BCUT2D eigenvalue weighted by Gasteiger charge is 2.11. The Bertz CT molecular complexity index is 216. The lowest BCUT2D eigenvalue weighted by atomic mass is 10.2. The summed E-state index contributed by atoms with van der Waals surface area (Å²) in [5.74, 6) is 4.42. The maximum atomic E-state index is 5.97. The number of nitrogens with two attached hydrogens (primary N) is 1. The number of hydrogen-bond donors (Lipinski definition) is 1. The molecule has 3 nitrogen and oxygen atoms in total. The molecule has 1 saturated heterocycles. The van der Waals surface area contributed by atoms with Crippen molar-refractivity contribution in [2.24, 2.45) is 10.7 Å². The van der Waals surface area contributed by atoms with Gasteiger partial charge >= 0.3 is 0 Å². The zero-order valence-corrected chi connectivity index (χ0v) is 12.5. The molecular weight excluding hydrogens is 250 g/mol. The molecule has 17 heavy (non-hydrogen) atoms. The van der Waals surface area contributed by atoms with Crippen LogP contribution in [0, 0.1) is 0 Å². The van der Waals surface area contributed by atoms with E-state index in [2.05, 4.69) is 16.1 Å². The fourth-order valence-corrected chi connectivity index (χ4v) is 3.19. The van der Waals surface area contributed by atoms with E-state index in [0.29, 0.717) is 0 Å². The normalized spacial score (nSPS) is 17.5. The molecule has 2 N–H and O–H groups in total. The summed E-state index contributed by atoms with van der Waals surface area (Å²) in [6.07, 6.45) is 7.30. The molecule has 1 fully saturated rings. The third-order valence-corrected chi connectivity index (χ3v) is 4.50. The average molecular weight is 275 g/mol. The lowest BCUT2D eigenvalue weighted by molar-refractivity contribution is 0.455. The molecule has 1 rings (SSSR count). The predicted octanol–water partition coefficient (Wildman–Crippen LogP) is 2.27. The first-order valence-electron chi connectivity index (χ1n) is 6.46. The van der Waals surface area contributed by atoms with E-state index < -0.39 is 0 Å². The summed E-state index contributed by atoms with van der Waals surface area (Å²) in [5.41, 5.74) is 5.97. The van der Waals surface area contributed by atoms with Crippen molar-refractivity contribution in [3.05, 3.63) is 0 Å². The number of nitrogens with zero attached hydrogens (tertiary/aromatic N) is 2. The van der Waals surface area contributed by atoms with Gasteiger partial charge in [-0.25, -0.2) is 0 Å². The van der Waals surface area contributed by atoms with Crippen molar-refractivity contribution in [1.82, 2.24) is 4.90 Å². The van der Waals surface area contributed by atoms with Gasteiger partial charge in [-0.1, -0.05) is 12.8 Å². The summed E-state index contributed by atoms with van der Waals surface area (Å²) in [5, 5.41) is 0. The van der Waals surface area contributed by atoms with Crippen LogP contribution in [0.15, 0.2) is 4.99 Å². The molecule has 0 bridgehead atoms. The van der Waals surface area contributed by atoms with Gasteiger partial charge in [-0.15, -0.1) is 0 Å². The zero-order chi connectivity index (χ0) is 12.3. The van der Waals surface area contributed by atoms with Crippen LogP contribution in [0.5, 0.6) is 0 Å². The molecule has 0 aliphatic carbocycles. The van der Waals surface area contributed by atoms with Gasteiger partial charge in [0.25, 0.3) is 0 Å². The number of aliphatic imine (C=N–C) groups is 1. The predicted molar refractivity (Wildman–Crippen MR) is 82.2 cm³/mol. The van der Waals surface area contributed by atoms with Gasteiger partial charge in [-0.2, -0.15) is 23.5 Å². The van der Waals surface area contributed by atoms with Crippen molar-refractivity contribution >= 4 is 29.5 Å². The van der Waals surface area contributed by atoms with Crippen LogP contribution in [-0.4, -0.2) is 54.0 Å². The van der Waals surface area contributed by atoms with Gasteiger partial charge in [0.2, 0.25) is 0 Å². The van der Waals surface area contributed by atoms with Crippen molar-refractivity contribution in [3.8, 4) is 0 Å². The topological polar surface area (TPSA) is 41.6 Å². The number of rotatable bonds is 7. The minimum atomic E-state index is 0.759. The maximum absolute atomic E-state index is 5.97. The second kappa shape index (κ2) is 9.95. The van der Waals surface area contributed by atoms with E-state index in [4.69, 9.17) is 5.73 Å². The standard InChI is InChI=1S/C12H25N3S2/c1-16-9-5-3-2-4-6-14-12(13)15-7-10-17-11-8-15/h2-11H2,1H3,(H2,13,14). The number of hydrogen-bond acceptors (Lipinski definition) is 3. The van der Waals surface area contributed by atoms with Crippen LogP contribution in [0.1, 0.15) is 25.7 Å². The Morgan fingerprint density at radius 1 is 1.24 bits per heavy atom. The van der Waals surface area contributed by atoms with Gasteiger partial charge in [0, 0.05) is 31.1 Å². The van der Waals surface area contributed by atoms with Crippen molar-refractivity contribution in [2.75, 3.05) is 43.1 Å². The van der Waals surface area contributed by atoms with E-state index in [9.17, 15) is 0 Å². The minimum absolute atomic E-state index is 0.759. The van der Waals surface area contributed by atoms with Crippen molar-refractivity contribution in [1.29, 1.82) is 0 Å². The molecule has 0 aromatic heterocycles. The first-order chi connectivity index (χ1) is 8.34. The van der Waals surface area contributed by atoms with Crippen LogP contribution in [0.3, 0.4) is 0 Å². The molecule has 0 unspecified atom stereocenters. The first-order valence-corrected chi connectivity index (χ1v) is 9.01. The molecule has 0 aromatic rings. The number of guanidine groups is 1. The van der Waals surface area contributed by atoms with Crippen molar-refractivity contribution in [3.63, 3.8) is 0 Å². The van der Waals surface area contributed by atoms with Crippen molar-refractivity contribution in [2.45, 2.75) is 25.7 Å². The smallest absolute Gasteiger partial charge is 0.191 e. The van der Waals surface area contributed by atoms with Gasteiger partial charge in [-0.05, 0) is 24.9 Å². The number of thioether (sulfide) groups is 2. The zero-order valence-electron chi connectivity index (χ0n) is 10.9. The Kier molecular flexibility index (Phi) is 8.79. The SMILES string of the molecule is CSCCCCCCN=C(N)N1CCSCC1. The van der Waals surface area contributed by atoms with Gasteiger partial charge in [0.05, 0.1) is 0 Å². The summed E-state index contributed by atoms with van der Waals surface area (Å²) >= 11 is 3.93. The van der Waals surface area contributed by atoms with Crippen LogP contribution in [0.2, 0.25) is 0 Å². The molecule has 0 atom stereocenters. The number of unbranched alkanes of at least 4 members (excludes halogenated alkanes) is 3. The molecule has 0 amide bonds. The van der Waals surface area contributed by atoms with E-state index in [-0.39, 0.29) is 0 Å². The van der Waals surface area contributed by atoms with Crippen LogP contribution in [0.25, 0.3) is 0 Å². The Morgan fingerprint density at radius 2 is 1.94 bits per heavy atom. The van der Waals surface area contributed by atoms with Crippen LogP contribution in [-0.2, 0) is 0 Å². The van der Waals surface area contributed by atoms with E-state index in [1.165, 1.54) is 42.9 Å². The van der Waals surface area contributed by atoms with Crippen LogP contribution >= 0.6 is 23.5 Å². The molecule has 0 aromatic carbocycles. The molecule has 1 aliphatic rings. The first kappa shape index (κ1) is 15.0. The van der Waals surface area contributed by atoms with E-state index in [1.807, 2.05) is 23.5 Å². The lowest BCUT2D eigenvalue weighted by Crippen LogP contribution is -2.42. The summed E-state index contributed by atoms with van der Waals surface area (Å²) in [6.45, 7) is 3.02. The fraction of sp³-hybridized carbons (Fsp3) is 0.917. The van der Waals surface area contributed by atoms with E-state index in [1.54, 1.807) is 0 Å². The summed E-state index contributed by atoms with van der Waals surface area (Å²) in [6, 6.07) is 0. The highest BCUT2D eigenvalue weighted by Crippen LogP contribution is 2.09. The van der Waals surface area contributed by atoms with Gasteiger partial charge in [-0.3, -0.25) is 4.99 Å². The molecule has 0 radical (unpaired) electrons. The summed E-state index contributed by atoms with van der Waals surface area (Å²) < 4.78 is 0. The minimum Gasteiger partial charge on any atom is -0.370 e.